The molecule has 1 fully saturated rings. The van der Waals surface area contributed by atoms with Crippen molar-refractivity contribution < 1.29 is 0 Å². The maximum atomic E-state index is 5.75. The summed E-state index contributed by atoms with van der Waals surface area (Å²) in [5.41, 5.74) is 7.73. The van der Waals surface area contributed by atoms with Gasteiger partial charge in [-0.1, -0.05) is 0 Å². The first-order valence-corrected chi connectivity index (χ1v) is 4.45. The zero-order valence-corrected chi connectivity index (χ0v) is 7.14. The van der Waals surface area contributed by atoms with Crippen LogP contribution in [0.15, 0.2) is 18.3 Å². The summed E-state index contributed by atoms with van der Waals surface area (Å²) in [6.45, 7) is 0. The summed E-state index contributed by atoms with van der Waals surface area (Å²) in [7, 11) is 0. The molecule has 0 spiro atoms. The molecule has 2 aromatic rings. The number of nitrogens with zero attached hydrogens (tertiary/aromatic N) is 3. The Bertz CT molecular complexity index is 456. The molecule has 1 aliphatic rings. The first kappa shape index (κ1) is 6.88. The molecule has 0 atom stereocenters. The van der Waals surface area contributed by atoms with E-state index < -0.39 is 0 Å². The highest BCUT2D eigenvalue weighted by Crippen LogP contribution is 2.39. The predicted molar refractivity (Wildman–Crippen MR) is 49.4 cm³/mol. The van der Waals surface area contributed by atoms with Gasteiger partial charge in [-0.3, -0.25) is 0 Å². The molecule has 13 heavy (non-hydrogen) atoms. The van der Waals surface area contributed by atoms with Crippen LogP contribution >= 0.6 is 0 Å². The van der Waals surface area contributed by atoms with Crippen molar-refractivity contribution in [1.82, 2.24) is 14.6 Å². The fraction of sp³-hybridized carbons (Fsp3) is 0.333. The third-order valence-electron chi connectivity index (χ3n) is 2.40. The van der Waals surface area contributed by atoms with E-state index in [0.29, 0.717) is 11.7 Å². The van der Waals surface area contributed by atoms with E-state index in [2.05, 4.69) is 10.1 Å². The molecule has 0 aromatic carbocycles. The van der Waals surface area contributed by atoms with Gasteiger partial charge in [-0.2, -0.15) is 9.61 Å². The van der Waals surface area contributed by atoms with Crippen molar-refractivity contribution in [1.29, 1.82) is 0 Å². The topological polar surface area (TPSA) is 56.2 Å². The molecule has 2 heterocycles. The maximum absolute atomic E-state index is 5.75. The first-order valence-electron chi connectivity index (χ1n) is 4.45. The van der Waals surface area contributed by atoms with E-state index in [-0.39, 0.29) is 0 Å². The zero-order chi connectivity index (χ0) is 8.84. The predicted octanol–water partition coefficient (Wildman–Crippen LogP) is 1.19. The Kier molecular flexibility index (Phi) is 1.17. The Morgan fingerprint density at radius 2 is 2.31 bits per heavy atom. The number of nitrogens with two attached hydrogens (primary N) is 1. The quantitative estimate of drug-likeness (QED) is 0.706. The van der Waals surface area contributed by atoms with Crippen LogP contribution in [0.1, 0.15) is 24.5 Å². The van der Waals surface area contributed by atoms with E-state index in [1.807, 2.05) is 6.07 Å². The molecule has 0 saturated heterocycles. The third kappa shape index (κ3) is 0.983. The molecule has 0 amide bonds. The highest BCUT2D eigenvalue weighted by molar-refractivity contribution is 5.47. The number of hydrogen-bond acceptors (Lipinski definition) is 3. The molecule has 1 saturated carbocycles. The molecule has 0 aliphatic heterocycles. The molecular weight excluding hydrogens is 164 g/mol. The highest BCUT2D eigenvalue weighted by atomic mass is 15.3. The summed E-state index contributed by atoms with van der Waals surface area (Å²) < 4.78 is 1.70. The third-order valence-corrected chi connectivity index (χ3v) is 2.40. The number of nitrogen functional groups attached to an aromatic ring is 1. The summed E-state index contributed by atoms with van der Waals surface area (Å²) in [5, 5.41) is 4.40. The molecule has 0 bridgehead atoms. The first-order chi connectivity index (χ1) is 6.34. The molecule has 0 unspecified atom stereocenters. The molecule has 3 rings (SSSR count). The van der Waals surface area contributed by atoms with Gasteiger partial charge in [0.25, 0.3) is 0 Å². The second-order valence-corrected chi connectivity index (χ2v) is 3.48. The minimum atomic E-state index is 0.650. The van der Waals surface area contributed by atoms with Crippen molar-refractivity contribution in [2.24, 2.45) is 0 Å². The summed E-state index contributed by atoms with van der Waals surface area (Å²) in [5.74, 6) is 1.30. The lowest BCUT2D eigenvalue weighted by molar-refractivity contribution is 0.890. The number of rotatable bonds is 1. The molecule has 4 nitrogen and oxygen atoms in total. The fourth-order valence-electron chi connectivity index (χ4n) is 1.51. The summed E-state index contributed by atoms with van der Waals surface area (Å²) in [4.78, 5) is 4.19. The van der Waals surface area contributed by atoms with Crippen molar-refractivity contribution in [3.63, 3.8) is 0 Å². The molecule has 1 aliphatic carbocycles. The van der Waals surface area contributed by atoms with Gasteiger partial charge >= 0.3 is 0 Å². The largest absolute Gasteiger partial charge is 0.384 e. The molecular formula is C9H10N4. The molecule has 2 N–H and O–H groups in total. The Morgan fingerprint density at radius 1 is 1.46 bits per heavy atom. The summed E-state index contributed by atoms with van der Waals surface area (Å²) in [6.07, 6.45) is 4.22. The second-order valence-electron chi connectivity index (χ2n) is 3.48. The lowest BCUT2D eigenvalue weighted by atomic mass is 10.3. The van der Waals surface area contributed by atoms with Gasteiger partial charge in [-0.15, -0.1) is 0 Å². The lowest BCUT2D eigenvalue weighted by Gasteiger charge is -1.94. The van der Waals surface area contributed by atoms with E-state index >= 15 is 0 Å². The zero-order valence-electron chi connectivity index (χ0n) is 7.14. The van der Waals surface area contributed by atoms with Crippen LogP contribution in [0.5, 0.6) is 0 Å². The maximum Gasteiger partial charge on any atom is 0.157 e. The standard InChI is InChI=1S/C9H10N4/c10-8-3-4-11-9-5-7(6-1-2-6)12-13(8)9/h3-6H,1-2,10H2. The van der Waals surface area contributed by atoms with E-state index in [0.717, 1.165) is 11.3 Å². The summed E-state index contributed by atoms with van der Waals surface area (Å²) >= 11 is 0. The van der Waals surface area contributed by atoms with Crippen molar-refractivity contribution >= 4 is 11.5 Å². The van der Waals surface area contributed by atoms with Crippen LogP contribution in [-0.4, -0.2) is 14.6 Å². The van der Waals surface area contributed by atoms with Gasteiger partial charge in [0.1, 0.15) is 5.82 Å². The van der Waals surface area contributed by atoms with Crippen LogP contribution in [0, 0.1) is 0 Å². The lowest BCUT2D eigenvalue weighted by Crippen LogP contribution is -1.98. The average Bonchev–Trinajstić information content (AvgIpc) is 2.87. The minimum Gasteiger partial charge on any atom is -0.384 e. The monoisotopic (exact) mass is 174 g/mol. The van der Waals surface area contributed by atoms with Crippen molar-refractivity contribution in [2.75, 3.05) is 5.73 Å². The smallest absolute Gasteiger partial charge is 0.157 e. The van der Waals surface area contributed by atoms with Crippen molar-refractivity contribution in [3.05, 3.63) is 24.0 Å². The van der Waals surface area contributed by atoms with Crippen LogP contribution in [-0.2, 0) is 0 Å². The van der Waals surface area contributed by atoms with Gasteiger partial charge in [0.2, 0.25) is 0 Å². The van der Waals surface area contributed by atoms with Crippen LogP contribution < -0.4 is 5.73 Å². The van der Waals surface area contributed by atoms with Crippen LogP contribution in [0.2, 0.25) is 0 Å². The van der Waals surface area contributed by atoms with E-state index in [1.54, 1.807) is 16.8 Å². The Labute approximate surface area is 75.4 Å². The van der Waals surface area contributed by atoms with Crippen LogP contribution in [0.3, 0.4) is 0 Å². The van der Waals surface area contributed by atoms with Gasteiger partial charge in [0, 0.05) is 18.2 Å². The van der Waals surface area contributed by atoms with Crippen molar-refractivity contribution in [3.8, 4) is 0 Å². The van der Waals surface area contributed by atoms with Gasteiger partial charge in [0.15, 0.2) is 5.65 Å². The molecule has 66 valence electrons. The number of hydrogen-bond donors (Lipinski definition) is 1. The number of anilines is 1. The van der Waals surface area contributed by atoms with Gasteiger partial charge in [-0.25, -0.2) is 4.98 Å². The van der Waals surface area contributed by atoms with Gasteiger partial charge in [-0.05, 0) is 18.9 Å². The number of aromatic nitrogens is 3. The Hall–Kier alpha value is -1.58. The summed E-state index contributed by atoms with van der Waals surface area (Å²) in [6, 6.07) is 3.78. The number of fused-ring (bicyclic) bond motifs is 1. The second kappa shape index (κ2) is 2.22. The van der Waals surface area contributed by atoms with E-state index in [1.165, 1.54) is 12.8 Å². The van der Waals surface area contributed by atoms with Crippen LogP contribution in [0.4, 0.5) is 5.82 Å². The van der Waals surface area contributed by atoms with Gasteiger partial charge < -0.3 is 5.73 Å². The fourth-order valence-corrected chi connectivity index (χ4v) is 1.51. The van der Waals surface area contributed by atoms with E-state index in [9.17, 15) is 0 Å². The van der Waals surface area contributed by atoms with Crippen molar-refractivity contribution in [2.45, 2.75) is 18.8 Å². The highest BCUT2D eigenvalue weighted by Gasteiger charge is 2.26. The minimum absolute atomic E-state index is 0.650. The van der Waals surface area contributed by atoms with Crippen LogP contribution in [0.25, 0.3) is 5.65 Å². The van der Waals surface area contributed by atoms with Gasteiger partial charge in [0.05, 0.1) is 5.69 Å². The SMILES string of the molecule is Nc1ccnc2cc(C3CC3)nn12. The Morgan fingerprint density at radius 3 is 3.00 bits per heavy atom. The Balaban J connectivity index is 2.26. The molecule has 2 aromatic heterocycles. The molecule has 4 heteroatoms. The van der Waals surface area contributed by atoms with E-state index in [4.69, 9.17) is 5.73 Å². The average molecular weight is 174 g/mol. The molecule has 0 radical (unpaired) electrons. The normalized spacial score (nSPS) is 16.6.